The van der Waals surface area contributed by atoms with Gasteiger partial charge in [-0.25, -0.2) is 4.98 Å². The summed E-state index contributed by atoms with van der Waals surface area (Å²) < 4.78 is 16.7. The van der Waals surface area contributed by atoms with Crippen LogP contribution in [0.3, 0.4) is 0 Å². The number of ether oxygens (including phenoxy) is 3. The third kappa shape index (κ3) is 7.19. The van der Waals surface area contributed by atoms with E-state index in [2.05, 4.69) is 39.4 Å². The number of benzene rings is 2. The molecule has 0 saturated carbocycles. The van der Waals surface area contributed by atoms with E-state index in [1.165, 1.54) is 0 Å². The minimum atomic E-state index is 0.164. The lowest BCUT2D eigenvalue weighted by Gasteiger charge is -2.31. The monoisotopic (exact) mass is 510 g/mol. The Kier molecular flexibility index (Phi) is 9.16. The smallest absolute Gasteiger partial charge is 0.236 e. The van der Waals surface area contributed by atoms with Gasteiger partial charge in [-0.15, -0.1) is 11.3 Å². The number of likely N-dealkylation sites (N-methyl/N-ethyl adjacent to an activating group) is 1. The fourth-order valence-electron chi connectivity index (χ4n) is 4.05. The molecule has 9 heteroatoms. The lowest BCUT2D eigenvalue weighted by Crippen LogP contribution is -2.49. The number of anilines is 1. The highest BCUT2D eigenvalue weighted by Gasteiger charge is 2.20. The second-order valence-corrected chi connectivity index (χ2v) is 9.66. The molecule has 0 aliphatic carbocycles. The summed E-state index contributed by atoms with van der Waals surface area (Å²) in [4.78, 5) is 22.9. The second kappa shape index (κ2) is 12.7. The van der Waals surface area contributed by atoms with Crippen LogP contribution in [0.5, 0.6) is 11.5 Å². The first-order valence-electron chi connectivity index (χ1n) is 12.0. The Morgan fingerprint density at radius 3 is 2.28 bits per heavy atom. The van der Waals surface area contributed by atoms with Crippen LogP contribution < -0.4 is 14.4 Å². The van der Waals surface area contributed by atoms with Crippen LogP contribution in [0.25, 0.3) is 0 Å². The van der Waals surface area contributed by atoms with Crippen molar-refractivity contribution < 1.29 is 19.0 Å². The maximum atomic E-state index is 11.9. The Morgan fingerprint density at radius 2 is 1.67 bits per heavy atom. The van der Waals surface area contributed by atoms with Gasteiger partial charge in [0, 0.05) is 45.2 Å². The van der Waals surface area contributed by atoms with Crippen LogP contribution in [0, 0.1) is 0 Å². The molecule has 0 spiro atoms. The molecule has 0 bridgehead atoms. The Morgan fingerprint density at radius 1 is 1.00 bits per heavy atom. The molecular formula is C27H34N4O4S. The molecule has 1 fully saturated rings. The minimum Gasteiger partial charge on any atom is -0.497 e. The number of hydrogen-bond donors (Lipinski definition) is 0. The third-order valence-corrected chi connectivity index (χ3v) is 7.11. The molecule has 1 aliphatic rings. The molecule has 1 aliphatic heterocycles. The van der Waals surface area contributed by atoms with Gasteiger partial charge in [0.05, 0.1) is 39.7 Å². The standard InChI is InChI=1S/C27H34N4O4S/c1-29-10-11-30(18-26(29)32)12-13-35-19-23-20-36-27(28-23)31(16-21-6-4-8-24(14-21)33-2)17-22-7-5-9-25(15-22)34-3/h4-9,14-15,20H,10-13,16-19H2,1-3H3. The molecule has 1 saturated heterocycles. The maximum Gasteiger partial charge on any atom is 0.236 e. The average Bonchev–Trinajstić information content (AvgIpc) is 3.37. The minimum absolute atomic E-state index is 0.164. The molecule has 0 unspecified atom stereocenters. The van der Waals surface area contributed by atoms with Crippen LogP contribution in [-0.4, -0.2) is 74.7 Å². The highest BCUT2D eigenvalue weighted by Crippen LogP contribution is 2.27. The molecule has 0 radical (unpaired) electrons. The molecule has 3 aromatic rings. The van der Waals surface area contributed by atoms with Crippen LogP contribution in [0.1, 0.15) is 16.8 Å². The van der Waals surface area contributed by atoms with Gasteiger partial charge in [0.25, 0.3) is 0 Å². The largest absolute Gasteiger partial charge is 0.497 e. The molecule has 4 rings (SSSR count). The zero-order valence-corrected chi connectivity index (χ0v) is 22.0. The van der Waals surface area contributed by atoms with E-state index >= 15 is 0 Å². The summed E-state index contributed by atoms with van der Waals surface area (Å²) in [5.41, 5.74) is 3.20. The summed E-state index contributed by atoms with van der Waals surface area (Å²) >= 11 is 1.61. The van der Waals surface area contributed by atoms with Crippen molar-refractivity contribution in [3.05, 3.63) is 70.7 Å². The summed E-state index contributed by atoms with van der Waals surface area (Å²) in [6.45, 7) is 5.27. The number of piperazine rings is 1. The lowest BCUT2D eigenvalue weighted by molar-refractivity contribution is -0.134. The van der Waals surface area contributed by atoms with E-state index in [0.717, 1.165) is 53.1 Å². The zero-order valence-electron chi connectivity index (χ0n) is 21.2. The Balaban J connectivity index is 1.39. The molecule has 2 heterocycles. The topological polar surface area (TPSA) is 67.4 Å². The number of amides is 1. The van der Waals surface area contributed by atoms with Gasteiger partial charge in [-0.1, -0.05) is 24.3 Å². The molecule has 8 nitrogen and oxygen atoms in total. The summed E-state index contributed by atoms with van der Waals surface area (Å²) in [5, 5.41) is 2.99. The number of aromatic nitrogens is 1. The van der Waals surface area contributed by atoms with Crippen molar-refractivity contribution in [1.29, 1.82) is 0 Å². The van der Waals surface area contributed by atoms with Crippen molar-refractivity contribution in [2.75, 3.05) is 59.0 Å². The number of carbonyl (C=O) groups excluding carboxylic acids is 1. The number of methoxy groups -OCH3 is 2. The molecule has 1 amide bonds. The number of nitrogens with zero attached hydrogens (tertiary/aromatic N) is 4. The SMILES string of the molecule is COc1cccc(CN(Cc2cccc(OC)c2)c2nc(COCCN3CCN(C)C(=O)C3)cs2)c1. The van der Waals surface area contributed by atoms with Gasteiger partial charge in [0.2, 0.25) is 5.91 Å². The molecule has 36 heavy (non-hydrogen) atoms. The van der Waals surface area contributed by atoms with Crippen molar-refractivity contribution >= 4 is 22.4 Å². The van der Waals surface area contributed by atoms with E-state index < -0.39 is 0 Å². The lowest BCUT2D eigenvalue weighted by atomic mass is 10.1. The van der Waals surface area contributed by atoms with Crippen LogP contribution in [0.4, 0.5) is 5.13 Å². The first-order valence-corrected chi connectivity index (χ1v) is 12.9. The van der Waals surface area contributed by atoms with Crippen LogP contribution >= 0.6 is 11.3 Å². The second-order valence-electron chi connectivity index (χ2n) is 8.82. The van der Waals surface area contributed by atoms with Crippen molar-refractivity contribution in [3.63, 3.8) is 0 Å². The van der Waals surface area contributed by atoms with Gasteiger partial charge in [0.15, 0.2) is 5.13 Å². The predicted molar refractivity (Wildman–Crippen MR) is 142 cm³/mol. The van der Waals surface area contributed by atoms with Gasteiger partial charge in [0.1, 0.15) is 11.5 Å². The van der Waals surface area contributed by atoms with E-state index in [-0.39, 0.29) is 5.91 Å². The van der Waals surface area contributed by atoms with Crippen LogP contribution in [0.2, 0.25) is 0 Å². The maximum absolute atomic E-state index is 11.9. The van der Waals surface area contributed by atoms with Gasteiger partial charge in [-0.3, -0.25) is 9.69 Å². The van der Waals surface area contributed by atoms with Crippen molar-refractivity contribution in [2.24, 2.45) is 0 Å². The van der Waals surface area contributed by atoms with Gasteiger partial charge in [-0.05, 0) is 35.4 Å². The van der Waals surface area contributed by atoms with E-state index in [9.17, 15) is 4.79 Å². The van der Waals surface area contributed by atoms with Crippen molar-refractivity contribution in [2.45, 2.75) is 19.7 Å². The van der Waals surface area contributed by atoms with Crippen LogP contribution in [-0.2, 0) is 29.2 Å². The van der Waals surface area contributed by atoms with Crippen molar-refractivity contribution in [1.82, 2.24) is 14.8 Å². The molecule has 0 atom stereocenters. The molecule has 0 N–H and O–H groups in total. The fourth-order valence-corrected chi connectivity index (χ4v) is 4.86. The zero-order chi connectivity index (χ0) is 25.3. The Hall–Kier alpha value is -3.14. The fraction of sp³-hybridized carbons (Fsp3) is 0.407. The van der Waals surface area contributed by atoms with E-state index in [0.29, 0.717) is 32.8 Å². The quantitative estimate of drug-likeness (QED) is 0.345. The summed E-state index contributed by atoms with van der Waals surface area (Å²) in [7, 11) is 5.21. The van der Waals surface area contributed by atoms with Crippen molar-refractivity contribution in [3.8, 4) is 11.5 Å². The van der Waals surface area contributed by atoms with E-state index in [1.807, 2.05) is 31.3 Å². The van der Waals surface area contributed by atoms with Gasteiger partial charge < -0.3 is 24.0 Å². The van der Waals surface area contributed by atoms with Gasteiger partial charge in [-0.2, -0.15) is 0 Å². The number of carbonyl (C=O) groups is 1. The molecular weight excluding hydrogens is 476 g/mol. The summed E-state index contributed by atoms with van der Waals surface area (Å²) in [5.74, 6) is 1.84. The average molecular weight is 511 g/mol. The molecule has 192 valence electrons. The van der Waals surface area contributed by atoms with E-state index in [4.69, 9.17) is 19.2 Å². The first kappa shape index (κ1) is 25.9. The first-order chi connectivity index (χ1) is 17.5. The Labute approximate surface area is 217 Å². The molecule has 2 aromatic carbocycles. The predicted octanol–water partition coefficient (Wildman–Crippen LogP) is 3.66. The summed E-state index contributed by atoms with van der Waals surface area (Å²) in [6, 6.07) is 16.2. The van der Waals surface area contributed by atoms with Crippen LogP contribution in [0.15, 0.2) is 53.9 Å². The summed E-state index contributed by atoms with van der Waals surface area (Å²) in [6.07, 6.45) is 0. The number of thiazole rings is 1. The normalized spacial score (nSPS) is 14.2. The Bertz CT molecular complexity index is 1090. The van der Waals surface area contributed by atoms with Gasteiger partial charge >= 0.3 is 0 Å². The molecule has 1 aromatic heterocycles. The highest BCUT2D eigenvalue weighted by molar-refractivity contribution is 7.13. The number of rotatable bonds is 12. The highest BCUT2D eigenvalue weighted by atomic mass is 32.1. The third-order valence-electron chi connectivity index (χ3n) is 6.16. The van der Waals surface area contributed by atoms with E-state index in [1.54, 1.807) is 30.5 Å². The number of hydrogen-bond acceptors (Lipinski definition) is 8.